The van der Waals surface area contributed by atoms with Gasteiger partial charge in [0.2, 0.25) is 5.95 Å². The van der Waals surface area contributed by atoms with E-state index in [4.69, 9.17) is 5.11 Å². The van der Waals surface area contributed by atoms with Gasteiger partial charge in [-0.05, 0) is 30.7 Å². The number of anilines is 1. The normalized spacial score (nSPS) is 9.62. The summed E-state index contributed by atoms with van der Waals surface area (Å²) in [4.78, 5) is 20.2. The van der Waals surface area contributed by atoms with E-state index in [1.165, 1.54) is 0 Å². The molecule has 0 saturated carbocycles. The molecule has 0 bridgehead atoms. The number of aliphatic hydroxyl groups excluding tert-OH is 1. The third-order valence-corrected chi connectivity index (χ3v) is 2.83. The summed E-state index contributed by atoms with van der Waals surface area (Å²) in [5.41, 5.74) is 2.08. The lowest BCUT2D eigenvalue weighted by Gasteiger charge is -2.07. The van der Waals surface area contributed by atoms with Gasteiger partial charge in [-0.25, -0.2) is 9.97 Å². The van der Waals surface area contributed by atoms with Crippen LogP contribution in [0, 0.1) is 18.8 Å². The largest absolute Gasteiger partial charge is 0.395 e. The molecule has 0 aliphatic rings. The molecule has 0 spiro atoms. The quantitative estimate of drug-likeness (QED) is 0.841. The van der Waals surface area contributed by atoms with Crippen LogP contribution in [0.25, 0.3) is 0 Å². The molecule has 0 radical (unpaired) electrons. The van der Waals surface area contributed by atoms with Crippen LogP contribution in [0.15, 0.2) is 36.7 Å². The number of nitrogens with zero attached hydrogens (tertiary/aromatic N) is 2. The lowest BCUT2D eigenvalue weighted by atomic mass is 10.0. The Bertz CT molecular complexity index is 688. The van der Waals surface area contributed by atoms with Crippen LogP contribution in [0.5, 0.6) is 0 Å². The van der Waals surface area contributed by atoms with Crippen molar-refractivity contribution in [2.24, 2.45) is 0 Å². The number of nitrogens with one attached hydrogen (secondary N) is 1. The zero-order valence-electron chi connectivity index (χ0n) is 11.6. The van der Waals surface area contributed by atoms with E-state index in [9.17, 15) is 4.79 Å². The van der Waals surface area contributed by atoms with Crippen LogP contribution in [0.4, 0.5) is 5.95 Å². The monoisotopic (exact) mass is 281 g/mol. The molecule has 2 aromatic rings. The van der Waals surface area contributed by atoms with Gasteiger partial charge >= 0.3 is 0 Å². The molecule has 2 N–H and O–H groups in total. The number of benzene rings is 1. The number of carbonyl (C=O) groups is 1. The molecule has 1 aromatic carbocycles. The average molecular weight is 281 g/mol. The van der Waals surface area contributed by atoms with Gasteiger partial charge in [-0.1, -0.05) is 17.9 Å². The van der Waals surface area contributed by atoms with Crippen molar-refractivity contribution in [3.05, 3.63) is 53.3 Å². The Morgan fingerprint density at radius 1 is 1.29 bits per heavy atom. The average Bonchev–Trinajstić information content (AvgIpc) is 2.50. The van der Waals surface area contributed by atoms with Crippen molar-refractivity contribution in [2.45, 2.75) is 13.3 Å². The van der Waals surface area contributed by atoms with Crippen molar-refractivity contribution in [3.8, 4) is 11.8 Å². The second-order valence-electron chi connectivity index (χ2n) is 4.28. The first-order chi connectivity index (χ1) is 10.2. The number of aromatic nitrogens is 2. The van der Waals surface area contributed by atoms with E-state index in [-0.39, 0.29) is 18.5 Å². The maximum atomic E-state index is 12.2. The highest BCUT2D eigenvalue weighted by Gasteiger charge is 2.11. The molecule has 1 heterocycles. The summed E-state index contributed by atoms with van der Waals surface area (Å²) >= 11 is 0. The Balaban J connectivity index is 2.22. The number of amides is 1. The third-order valence-electron chi connectivity index (χ3n) is 2.83. The predicted octanol–water partition coefficient (Wildman–Crippen LogP) is 1.77. The van der Waals surface area contributed by atoms with Crippen LogP contribution < -0.4 is 5.32 Å². The van der Waals surface area contributed by atoms with Gasteiger partial charge in [0.15, 0.2) is 0 Å². The standard InChI is InChI=1S/C16H15N3O2/c1-12-13(6-2-3-11-20)7-4-8-14(12)15(21)19-16-17-9-5-10-18-16/h4-5,7-10,20H,3,11H2,1H3,(H,17,18,19,21). The van der Waals surface area contributed by atoms with Crippen LogP contribution in [-0.2, 0) is 0 Å². The fourth-order valence-electron chi connectivity index (χ4n) is 1.76. The van der Waals surface area contributed by atoms with Gasteiger partial charge in [0, 0.05) is 29.9 Å². The number of rotatable bonds is 3. The summed E-state index contributed by atoms with van der Waals surface area (Å²) in [6.45, 7) is 1.86. The zero-order valence-corrected chi connectivity index (χ0v) is 11.6. The van der Waals surface area contributed by atoms with Crippen molar-refractivity contribution in [2.75, 3.05) is 11.9 Å². The summed E-state index contributed by atoms with van der Waals surface area (Å²) < 4.78 is 0. The molecule has 0 aliphatic carbocycles. The van der Waals surface area contributed by atoms with E-state index in [2.05, 4.69) is 27.1 Å². The fraction of sp³-hybridized carbons (Fsp3) is 0.188. The van der Waals surface area contributed by atoms with Crippen molar-refractivity contribution in [3.63, 3.8) is 0 Å². The Labute approximate surface area is 123 Å². The van der Waals surface area contributed by atoms with Gasteiger partial charge in [0.25, 0.3) is 5.91 Å². The number of carbonyl (C=O) groups excluding carboxylic acids is 1. The highest BCUT2D eigenvalue weighted by molar-refractivity contribution is 6.04. The lowest BCUT2D eigenvalue weighted by molar-refractivity contribution is 0.102. The van der Waals surface area contributed by atoms with E-state index in [0.717, 1.165) is 11.1 Å². The SMILES string of the molecule is Cc1c(C#CCCO)cccc1C(=O)Nc1ncccn1. The van der Waals surface area contributed by atoms with Crippen molar-refractivity contribution in [1.82, 2.24) is 9.97 Å². The first-order valence-corrected chi connectivity index (χ1v) is 6.50. The summed E-state index contributed by atoms with van der Waals surface area (Å²) in [6, 6.07) is 7.02. The van der Waals surface area contributed by atoms with E-state index >= 15 is 0 Å². The van der Waals surface area contributed by atoms with Gasteiger partial charge in [0.1, 0.15) is 0 Å². The Hall–Kier alpha value is -2.71. The predicted molar refractivity (Wildman–Crippen MR) is 79.7 cm³/mol. The Morgan fingerprint density at radius 2 is 2.05 bits per heavy atom. The van der Waals surface area contributed by atoms with Crippen molar-refractivity contribution in [1.29, 1.82) is 0 Å². The van der Waals surface area contributed by atoms with E-state index < -0.39 is 0 Å². The molecule has 5 nitrogen and oxygen atoms in total. The molecular weight excluding hydrogens is 266 g/mol. The maximum absolute atomic E-state index is 12.2. The molecule has 0 saturated heterocycles. The van der Waals surface area contributed by atoms with E-state index in [0.29, 0.717) is 12.0 Å². The summed E-state index contributed by atoms with van der Waals surface area (Å²) in [5, 5.41) is 11.4. The van der Waals surface area contributed by atoms with Gasteiger partial charge in [-0.2, -0.15) is 0 Å². The molecule has 1 amide bonds. The first-order valence-electron chi connectivity index (χ1n) is 6.50. The maximum Gasteiger partial charge on any atom is 0.258 e. The molecule has 1 aromatic heterocycles. The van der Waals surface area contributed by atoms with Gasteiger partial charge in [-0.15, -0.1) is 0 Å². The second kappa shape index (κ2) is 7.17. The molecule has 0 fully saturated rings. The molecule has 21 heavy (non-hydrogen) atoms. The topological polar surface area (TPSA) is 75.1 Å². The molecule has 0 aliphatic heterocycles. The van der Waals surface area contributed by atoms with Crippen molar-refractivity contribution >= 4 is 11.9 Å². The molecule has 5 heteroatoms. The van der Waals surface area contributed by atoms with Crippen LogP contribution in [0.2, 0.25) is 0 Å². The highest BCUT2D eigenvalue weighted by Crippen LogP contribution is 2.14. The minimum absolute atomic E-state index is 0.0254. The molecular formula is C16H15N3O2. The van der Waals surface area contributed by atoms with E-state index in [1.54, 1.807) is 30.6 Å². The number of hydrogen-bond acceptors (Lipinski definition) is 4. The van der Waals surface area contributed by atoms with Gasteiger partial charge < -0.3 is 5.11 Å². The molecule has 2 rings (SSSR count). The fourth-order valence-corrected chi connectivity index (χ4v) is 1.76. The molecule has 0 unspecified atom stereocenters. The Morgan fingerprint density at radius 3 is 2.76 bits per heavy atom. The minimum Gasteiger partial charge on any atom is -0.395 e. The second-order valence-corrected chi connectivity index (χ2v) is 4.28. The Kier molecular flexibility index (Phi) is 5.02. The summed E-state index contributed by atoms with van der Waals surface area (Å²) in [5.74, 6) is 5.79. The van der Waals surface area contributed by atoms with Gasteiger partial charge in [-0.3, -0.25) is 10.1 Å². The van der Waals surface area contributed by atoms with E-state index in [1.807, 2.05) is 13.0 Å². The number of hydrogen-bond donors (Lipinski definition) is 2. The lowest BCUT2D eigenvalue weighted by Crippen LogP contribution is -2.15. The third kappa shape index (κ3) is 3.88. The van der Waals surface area contributed by atoms with Crippen LogP contribution in [-0.4, -0.2) is 27.6 Å². The van der Waals surface area contributed by atoms with Crippen molar-refractivity contribution < 1.29 is 9.90 Å². The van der Waals surface area contributed by atoms with Crippen LogP contribution in [0.1, 0.15) is 27.9 Å². The van der Waals surface area contributed by atoms with Crippen LogP contribution >= 0.6 is 0 Å². The minimum atomic E-state index is -0.274. The summed E-state index contributed by atoms with van der Waals surface area (Å²) in [7, 11) is 0. The first kappa shape index (κ1) is 14.7. The summed E-state index contributed by atoms with van der Waals surface area (Å²) in [6.07, 6.45) is 3.53. The smallest absolute Gasteiger partial charge is 0.258 e. The highest BCUT2D eigenvalue weighted by atomic mass is 16.2. The molecule has 0 atom stereocenters. The van der Waals surface area contributed by atoms with Gasteiger partial charge in [0.05, 0.1) is 6.61 Å². The zero-order chi connectivity index (χ0) is 15.1. The van der Waals surface area contributed by atoms with Crippen LogP contribution in [0.3, 0.4) is 0 Å². The number of aliphatic hydroxyl groups is 1. The molecule has 106 valence electrons.